The van der Waals surface area contributed by atoms with Crippen molar-refractivity contribution in [2.45, 2.75) is 33.2 Å². The fourth-order valence-corrected chi connectivity index (χ4v) is 1.74. The molecule has 0 aliphatic rings. The van der Waals surface area contributed by atoms with Crippen LogP contribution in [0.15, 0.2) is 18.2 Å². The summed E-state index contributed by atoms with van der Waals surface area (Å²) in [6.45, 7) is 7.43. The second kappa shape index (κ2) is 7.65. The zero-order valence-electron chi connectivity index (χ0n) is 11.8. The molecule has 0 radical (unpaired) electrons. The first-order valence-corrected chi connectivity index (χ1v) is 6.67. The van der Waals surface area contributed by atoms with Gasteiger partial charge in [-0.15, -0.1) is 0 Å². The molecule has 104 valence electrons. The van der Waals surface area contributed by atoms with Crippen molar-refractivity contribution in [2.75, 3.05) is 13.2 Å². The maximum Gasteiger partial charge on any atom is 0.161 e. The number of nitrogens with zero attached hydrogens (tertiary/aromatic N) is 1. The molecule has 0 aliphatic heterocycles. The van der Waals surface area contributed by atoms with Crippen LogP contribution in [0, 0.1) is 17.2 Å². The van der Waals surface area contributed by atoms with Gasteiger partial charge in [0.25, 0.3) is 0 Å². The predicted octanol–water partition coefficient (Wildman–Crippen LogP) is 2.99. The molecule has 0 saturated carbocycles. The molecule has 2 N–H and O–H groups in total. The Morgan fingerprint density at radius 3 is 2.74 bits per heavy atom. The van der Waals surface area contributed by atoms with E-state index in [0.717, 1.165) is 18.5 Å². The summed E-state index contributed by atoms with van der Waals surface area (Å²) in [5.74, 6) is 1.13. The fourth-order valence-electron chi connectivity index (χ4n) is 1.74. The molecule has 1 unspecified atom stereocenters. The minimum atomic E-state index is -0.376. The van der Waals surface area contributed by atoms with E-state index in [2.05, 4.69) is 25.2 Å². The van der Waals surface area contributed by atoms with E-state index in [0.29, 0.717) is 18.3 Å². The lowest BCUT2D eigenvalue weighted by molar-refractivity contribution is 0.317. The van der Waals surface area contributed by atoms with Crippen LogP contribution in [0.3, 0.4) is 0 Å². The van der Waals surface area contributed by atoms with Crippen LogP contribution in [0.1, 0.15) is 38.8 Å². The summed E-state index contributed by atoms with van der Waals surface area (Å²) < 4.78 is 5.33. The monoisotopic (exact) mass is 262 g/mol. The molecule has 0 spiro atoms. The van der Waals surface area contributed by atoms with E-state index in [-0.39, 0.29) is 11.8 Å². The van der Waals surface area contributed by atoms with Crippen molar-refractivity contribution in [3.63, 3.8) is 0 Å². The predicted molar refractivity (Wildman–Crippen MR) is 75.1 cm³/mol. The highest BCUT2D eigenvalue weighted by Gasteiger charge is 2.12. The minimum absolute atomic E-state index is 0.101. The molecule has 1 rings (SSSR count). The van der Waals surface area contributed by atoms with Crippen molar-refractivity contribution in [3.05, 3.63) is 23.8 Å². The molecule has 0 bridgehead atoms. The molecule has 1 aromatic carbocycles. The Morgan fingerprint density at radius 1 is 1.42 bits per heavy atom. The lowest BCUT2D eigenvalue weighted by Crippen LogP contribution is -2.22. The molecular formula is C15H22N2O2. The summed E-state index contributed by atoms with van der Waals surface area (Å²) >= 11 is 0. The number of rotatable bonds is 7. The molecule has 1 aromatic rings. The third kappa shape index (κ3) is 4.80. The van der Waals surface area contributed by atoms with E-state index in [4.69, 9.17) is 4.74 Å². The molecule has 1 atom stereocenters. The van der Waals surface area contributed by atoms with E-state index in [1.54, 1.807) is 18.2 Å². The summed E-state index contributed by atoms with van der Waals surface area (Å²) in [4.78, 5) is 0. The van der Waals surface area contributed by atoms with Gasteiger partial charge >= 0.3 is 0 Å². The molecule has 0 aliphatic carbocycles. The van der Waals surface area contributed by atoms with Gasteiger partial charge in [0, 0.05) is 0 Å². The van der Waals surface area contributed by atoms with E-state index in [9.17, 15) is 10.4 Å². The third-order valence-electron chi connectivity index (χ3n) is 2.82. The normalized spacial score (nSPS) is 12.2. The summed E-state index contributed by atoms with van der Waals surface area (Å²) in [6.07, 6.45) is 1.02. The van der Waals surface area contributed by atoms with Crippen LogP contribution < -0.4 is 10.1 Å². The van der Waals surface area contributed by atoms with Crippen LogP contribution in [0.4, 0.5) is 0 Å². The first kappa shape index (κ1) is 15.3. The number of benzene rings is 1. The number of nitrogens with one attached hydrogen (secondary N) is 1. The van der Waals surface area contributed by atoms with Crippen LogP contribution in [0.5, 0.6) is 11.5 Å². The van der Waals surface area contributed by atoms with Crippen LogP contribution in [-0.2, 0) is 0 Å². The number of hydrogen-bond acceptors (Lipinski definition) is 4. The van der Waals surface area contributed by atoms with Crippen molar-refractivity contribution in [1.29, 1.82) is 5.26 Å². The van der Waals surface area contributed by atoms with Gasteiger partial charge in [0.05, 0.1) is 12.7 Å². The van der Waals surface area contributed by atoms with Gasteiger partial charge in [-0.25, -0.2) is 0 Å². The number of aromatic hydroxyl groups is 1. The highest BCUT2D eigenvalue weighted by molar-refractivity contribution is 5.43. The van der Waals surface area contributed by atoms with Crippen molar-refractivity contribution in [3.8, 4) is 17.6 Å². The van der Waals surface area contributed by atoms with Crippen molar-refractivity contribution in [1.82, 2.24) is 5.32 Å². The molecule has 0 amide bonds. The average molecular weight is 262 g/mol. The Balaban J connectivity index is 2.75. The molecular weight excluding hydrogens is 240 g/mol. The molecule has 0 saturated heterocycles. The Bertz CT molecular complexity index is 438. The van der Waals surface area contributed by atoms with Crippen LogP contribution in [0.2, 0.25) is 0 Å². The first-order valence-electron chi connectivity index (χ1n) is 6.67. The van der Waals surface area contributed by atoms with Gasteiger partial charge in [0.15, 0.2) is 11.5 Å². The van der Waals surface area contributed by atoms with Gasteiger partial charge in [-0.2, -0.15) is 5.26 Å². The fraction of sp³-hybridized carbons (Fsp3) is 0.533. The first-order chi connectivity index (χ1) is 9.08. The molecule has 0 aromatic heterocycles. The maximum atomic E-state index is 9.64. The largest absolute Gasteiger partial charge is 0.504 e. The molecule has 0 fully saturated rings. The Morgan fingerprint density at radius 2 is 2.16 bits per heavy atom. The smallest absolute Gasteiger partial charge is 0.161 e. The Kier molecular flexibility index (Phi) is 6.17. The maximum absolute atomic E-state index is 9.64. The third-order valence-corrected chi connectivity index (χ3v) is 2.82. The summed E-state index contributed by atoms with van der Waals surface area (Å²) in [5, 5.41) is 22.1. The summed E-state index contributed by atoms with van der Waals surface area (Å²) in [7, 11) is 0. The lowest BCUT2D eigenvalue weighted by atomic mass is 10.1. The molecule has 4 nitrogen and oxygen atoms in total. The van der Waals surface area contributed by atoms with Crippen molar-refractivity contribution >= 4 is 0 Å². The van der Waals surface area contributed by atoms with Gasteiger partial charge in [0.2, 0.25) is 0 Å². The van der Waals surface area contributed by atoms with Gasteiger partial charge < -0.3 is 9.84 Å². The van der Waals surface area contributed by atoms with E-state index in [1.165, 1.54) is 0 Å². The van der Waals surface area contributed by atoms with E-state index >= 15 is 0 Å². The average Bonchev–Trinajstić information content (AvgIpc) is 2.37. The number of phenolic OH excluding ortho intramolecular Hbond substituents is 1. The second-order valence-corrected chi connectivity index (χ2v) is 4.86. The zero-order valence-corrected chi connectivity index (χ0v) is 11.8. The van der Waals surface area contributed by atoms with Crippen LogP contribution in [-0.4, -0.2) is 18.3 Å². The number of nitriles is 1. The van der Waals surface area contributed by atoms with Gasteiger partial charge in [-0.1, -0.05) is 19.9 Å². The summed E-state index contributed by atoms with van der Waals surface area (Å²) in [6, 6.07) is 6.88. The highest BCUT2D eigenvalue weighted by Crippen LogP contribution is 2.29. The molecule has 19 heavy (non-hydrogen) atoms. The molecule has 0 heterocycles. The highest BCUT2D eigenvalue weighted by atomic mass is 16.5. The topological polar surface area (TPSA) is 65.3 Å². The summed E-state index contributed by atoms with van der Waals surface area (Å²) in [5.41, 5.74) is 0.813. The molecule has 4 heteroatoms. The van der Waals surface area contributed by atoms with Gasteiger partial charge in [-0.3, -0.25) is 5.32 Å². The van der Waals surface area contributed by atoms with Crippen molar-refractivity contribution < 1.29 is 9.84 Å². The minimum Gasteiger partial charge on any atom is -0.504 e. The van der Waals surface area contributed by atoms with Gasteiger partial charge in [-0.05, 0) is 43.5 Å². The van der Waals surface area contributed by atoms with E-state index in [1.807, 2.05) is 6.92 Å². The zero-order chi connectivity index (χ0) is 14.3. The number of hydrogen-bond donors (Lipinski definition) is 2. The Hall–Kier alpha value is -1.73. The lowest BCUT2D eigenvalue weighted by Gasteiger charge is -2.14. The second-order valence-electron chi connectivity index (χ2n) is 4.86. The van der Waals surface area contributed by atoms with Crippen molar-refractivity contribution in [2.24, 2.45) is 5.92 Å². The Labute approximate surface area is 115 Å². The van der Waals surface area contributed by atoms with Crippen LogP contribution in [0.25, 0.3) is 0 Å². The van der Waals surface area contributed by atoms with E-state index < -0.39 is 0 Å². The standard InChI is InChI=1S/C15H22N2O2/c1-4-19-15-9-12(5-6-14(15)18)13(10-16)17-8-7-11(2)3/h5-6,9,11,13,17-18H,4,7-8H2,1-3H3. The number of ether oxygens (including phenoxy) is 1. The van der Waals surface area contributed by atoms with Crippen LogP contribution >= 0.6 is 0 Å². The SMILES string of the molecule is CCOc1cc(C(C#N)NCCC(C)C)ccc1O. The van der Waals surface area contributed by atoms with Gasteiger partial charge in [0.1, 0.15) is 6.04 Å². The number of phenols is 1. The quantitative estimate of drug-likeness (QED) is 0.792.